The minimum Gasteiger partial charge on any atom is -0.384 e. The van der Waals surface area contributed by atoms with Crippen molar-refractivity contribution in [1.29, 1.82) is 0 Å². The number of hydrogen-bond donors (Lipinski definition) is 1. The van der Waals surface area contributed by atoms with Gasteiger partial charge in [-0.1, -0.05) is 0 Å². The first kappa shape index (κ1) is 14.8. The van der Waals surface area contributed by atoms with E-state index >= 15 is 0 Å². The predicted molar refractivity (Wildman–Crippen MR) is 84.0 cm³/mol. The van der Waals surface area contributed by atoms with Crippen molar-refractivity contribution in [2.75, 3.05) is 36.8 Å². The second-order valence-electron chi connectivity index (χ2n) is 5.99. The van der Waals surface area contributed by atoms with Gasteiger partial charge in [0.25, 0.3) is 5.91 Å². The second-order valence-corrected chi connectivity index (χ2v) is 5.99. The van der Waals surface area contributed by atoms with E-state index in [1.165, 1.54) is 0 Å². The molecular weight excluding hydrogens is 283 g/mol. The number of aromatic nitrogens is 1. The van der Waals surface area contributed by atoms with Crippen molar-refractivity contribution in [3.63, 3.8) is 0 Å². The number of allylic oxidation sites excluding steroid dienone is 1. The van der Waals surface area contributed by atoms with Crippen LogP contribution in [-0.4, -0.2) is 42.0 Å². The number of amides is 1. The number of carbonyl (C=O) groups excluding carboxylic acids is 1. The summed E-state index contributed by atoms with van der Waals surface area (Å²) in [4.78, 5) is 20.0. The summed E-state index contributed by atoms with van der Waals surface area (Å²) in [7, 11) is 0. The number of hydrogen-bond acceptors (Lipinski definition) is 4. The fourth-order valence-corrected chi connectivity index (χ4v) is 2.76. The number of carbonyl (C=O) groups is 1. The number of anilines is 2. The highest BCUT2D eigenvalue weighted by atomic mass is 19.1. The van der Waals surface area contributed by atoms with Crippen LogP contribution in [0.1, 0.15) is 19.8 Å². The number of nitrogens with zero attached hydrogens (tertiary/aromatic N) is 3. The third-order valence-corrected chi connectivity index (χ3v) is 4.43. The first-order valence-electron chi connectivity index (χ1n) is 7.68. The number of pyridine rings is 1. The Bertz CT molecular complexity index is 587. The summed E-state index contributed by atoms with van der Waals surface area (Å²) in [6.45, 7) is 4.13. The summed E-state index contributed by atoms with van der Waals surface area (Å²) in [5.74, 6) is -0.240. The van der Waals surface area contributed by atoms with Gasteiger partial charge in [-0.25, -0.2) is 9.37 Å². The Morgan fingerprint density at radius 3 is 2.50 bits per heavy atom. The molecule has 118 valence electrons. The van der Waals surface area contributed by atoms with E-state index < -0.39 is 11.7 Å². The van der Waals surface area contributed by atoms with Crippen molar-refractivity contribution in [2.45, 2.75) is 19.8 Å². The minimum atomic E-state index is -0.551. The van der Waals surface area contributed by atoms with Crippen LogP contribution in [0, 0.1) is 5.92 Å². The number of halogens is 1. The number of nitrogens with two attached hydrogens (primary N) is 1. The molecule has 2 heterocycles. The Hall–Kier alpha value is -2.11. The lowest BCUT2D eigenvalue weighted by Gasteiger charge is -2.35. The molecule has 1 saturated carbocycles. The maximum atomic E-state index is 14.2. The summed E-state index contributed by atoms with van der Waals surface area (Å²) in [5, 5.41) is 0. The molecule has 22 heavy (non-hydrogen) atoms. The average molecular weight is 304 g/mol. The Morgan fingerprint density at radius 2 is 1.95 bits per heavy atom. The molecule has 0 radical (unpaired) electrons. The molecule has 3 rings (SSSR count). The lowest BCUT2D eigenvalue weighted by molar-refractivity contribution is -0.129. The van der Waals surface area contributed by atoms with Crippen LogP contribution in [0.25, 0.3) is 0 Å². The summed E-state index contributed by atoms with van der Waals surface area (Å²) in [6.07, 6.45) is 3.74. The van der Waals surface area contributed by atoms with Gasteiger partial charge in [-0.15, -0.1) is 0 Å². The third-order valence-electron chi connectivity index (χ3n) is 4.43. The van der Waals surface area contributed by atoms with E-state index in [0.29, 0.717) is 37.6 Å². The highest BCUT2D eigenvalue weighted by Gasteiger charge is 2.31. The van der Waals surface area contributed by atoms with Crippen molar-refractivity contribution in [2.24, 2.45) is 5.92 Å². The van der Waals surface area contributed by atoms with Gasteiger partial charge < -0.3 is 15.5 Å². The molecule has 2 N–H and O–H groups in total. The summed E-state index contributed by atoms with van der Waals surface area (Å²) >= 11 is 0. The highest BCUT2D eigenvalue weighted by molar-refractivity contribution is 5.92. The molecule has 1 aliphatic heterocycles. The summed E-state index contributed by atoms with van der Waals surface area (Å²) in [6, 6.07) is 3.67. The zero-order valence-corrected chi connectivity index (χ0v) is 12.8. The molecular formula is C16H21FN4O. The van der Waals surface area contributed by atoms with Crippen LogP contribution in [0.2, 0.25) is 0 Å². The Labute approximate surface area is 129 Å². The first-order valence-corrected chi connectivity index (χ1v) is 7.68. The molecule has 2 aliphatic rings. The van der Waals surface area contributed by atoms with Gasteiger partial charge in [0, 0.05) is 26.2 Å². The quantitative estimate of drug-likeness (QED) is 0.867. The maximum Gasteiger partial charge on any atom is 0.282 e. The molecule has 0 spiro atoms. The number of piperazine rings is 1. The third kappa shape index (κ3) is 3.05. The van der Waals surface area contributed by atoms with Crippen LogP contribution in [-0.2, 0) is 4.79 Å². The molecule has 1 amide bonds. The van der Waals surface area contributed by atoms with Crippen LogP contribution < -0.4 is 10.6 Å². The monoisotopic (exact) mass is 304 g/mol. The van der Waals surface area contributed by atoms with Crippen LogP contribution in [0.5, 0.6) is 0 Å². The Kier molecular flexibility index (Phi) is 4.00. The first-order chi connectivity index (χ1) is 10.6. The van der Waals surface area contributed by atoms with Gasteiger partial charge in [0.15, 0.2) is 5.83 Å². The SMILES string of the molecule is C/C(=C(/F)C(=O)N1CCN(c2ccc(N)nc2)CC1)C1CC1. The molecule has 0 bridgehead atoms. The predicted octanol–water partition coefficient (Wildman–Crippen LogP) is 1.97. The van der Waals surface area contributed by atoms with Gasteiger partial charge in [0.05, 0.1) is 11.9 Å². The topological polar surface area (TPSA) is 62.5 Å². The largest absolute Gasteiger partial charge is 0.384 e. The van der Waals surface area contributed by atoms with Gasteiger partial charge in [0.2, 0.25) is 0 Å². The molecule has 1 aliphatic carbocycles. The number of rotatable bonds is 3. The van der Waals surface area contributed by atoms with Gasteiger partial charge in [0.1, 0.15) is 5.82 Å². The van der Waals surface area contributed by atoms with Crippen molar-refractivity contribution < 1.29 is 9.18 Å². The lowest BCUT2D eigenvalue weighted by atomic mass is 10.1. The molecule has 1 aromatic rings. The van der Waals surface area contributed by atoms with E-state index in [1.807, 2.05) is 6.07 Å². The van der Waals surface area contributed by atoms with Crippen molar-refractivity contribution in [3.8, 4) is 0 Å². The zero-order chi connectivity index (χ0) is 15.7. The van der Waals surface area contributed by atoms with Gasteiger partial charge in [-0.3, -0.25) is 4.79 Å². The van der Waals surface area contributed by atoms with E-state index in [2.05, 4.69) is 9.88 Å². The molecule has 0 aromatic carbocycles. The van der Waals surface area contributed by atoms with E-state index in [-0.39, 0.29) is 5.92 Å². The molecule has 0 atom stereocenters. The highest BCUT2D eigenvalue weighted by Crippen LogP contribution is 2.38. The van der Waals surface area contributed by atoms with E-state index in [1.54, 1.807) is 24.1 Å². The van der Waals surface area contributed by atoms with Gasteiger partial charge in [-0.2, -0.15) is 0 Å². The van der Waals surface area contributed by atoms with E-state index in [4.69, 9.17) is 5.73 Å². The van der Waals surface area contributed by atoms with Gasteiger partial charge >= 0.3 is 0 Å². The minimum absolute atomic E-state index is 0.283. The molecule has 6 heteroatoms. The van der Waals surface area contributed by atoms with Crippen LogP contribution >= 0.6 is 0 Å². The lowest BCUT2D eigenvalue weighted by Crippen LogP contribution is -2.49. The molecule has 1 saturated heterocycles. The number of nitrogen functional groups attached to an aromatic ring is 1. The van der Waals surface area contributed by atoms with E-state index in [9.17, 15) is 9.18 Å². The van der Waals surface area contributed by atoms with Crippen molar-refractivity contribution in [1.82, 2.24) is 9.88 Å². The van der Waals surface area contributed by atoms with Crippen molar-refractivity contribution >= 4 is 17.4 Å². The fraction of sp³-hybridized carbons (Fsp3) is 0.500. The normalized spacial score (nSPS) is 19.9. The molecule has 1 aromatic heterocycles. The maximum absolute atomic E-state index is 14.2. The van der Waals surface area contributed by atoms with Crippen LogP contribution in [0.4, 0.5) is 15.9 Å². The smallest absolute Gasteiger partial charge is 0.282 e. The summed E-state index contributed by atoms with van der Waals surface area (Å²) in [5.41, 5.74) is 7.18. The molecule has 0 unspecified atom stereocenters. The Morgan fingerprint density at radius 1 is 1.27 bits per heavy atom. The zero-order valence-electron chi connectivity index (χ0n) is 12.8. The summed E-state index contributed by atoms with van der Waals surface area (Å²) < 4.78 is 14.2. The van der Waals surface area contributed by atoms with Crippen molar-refractivity contribution in [3.05, 3.63) is 29.7 Å². The van der Waals surface area contributed by atoms with Crippen LogP contribution in [0.15, 0.2) is 29.7 Å². The average Bonchev–Trinajstić information content (AvgIpc) is 3.38. The van der Waals surface area contributed by atoms with Gasteiger partial charge in [-0.05, 0) is 43.4 Å². The fourth-order valence-electron chi connectivity index (χ4n) is 2.76. The molecule has 2 fully saturated rings. The van der Waals surface area contributed by atoms with Crippen LogP contribution in [0.3, 0.4) is 0 Å². The standard InChI is InChI=1S/C16H21FN4O/c1-11(12-2-3-12)15(17)16(22)21-8-6-20(7-9-21)13-4-5-14(18)19-10-13/h4-5,10,12H,2-3,6-9H2,1H3,(H2,18,19)/b15-11-. The second kappa shape index (κ2) is 5.94. The molecule has 5 nitrogen and oxygen atoms in total. The van der Waals surface area contributed by atoms with E-state index in [0.717, 1.165) is 18.5 Å². The Balaban J connectivity index is 1.60.